The van der Waals surface area contributed by atoms with Gasteiger partial charge in [-0.05, 0) is 49.6 Å². The van der Waals surface area contributed by atoms with Crippen molar-refractivity contribution in [2.75, 3.05) is 4.90 Å². The van der Waals surface area contributed by atoms with Gasteiger partial charge in [0.1, 0.15) is 5.82 Å². The number of nitrogens with one attached hydrogen (secondary N) is 1. The first kappa shape index (κ1) is 17.3. The van der Waals surface area contributed by atoms with E-state index >= 15 is 0 Å². The summed E-state index contributed by atoms with van der Waals surface area (Å²) in [5, 5.41) is 3.11. The molecule has 0 spiro atoms. The first-order valence-electron chi connectivity index (χ1n) is 9.33. The van der Waals surface area contributed by atoms with E-state index < -0.39 is 0 Å². The molecule has 0 fully saturated rings. The summed E-state index contributed by atoms with van der Waals surface area (Å²) in [6.07, 6.45) is 2.70. The number of hydrogen-bond acceptors (Lipinski definition) is 3. The van der Waals surface area contributed by atoms with Crippen LogP contribution in [0.25, 0.3) is 0 Å². The number of rotatable bonds is 4. The standard InChI is InChI=1S/C23H23N3O/c1-16-15-19-11-6-7-13-21(19)26(16)22-20(12-8-14-24-22)23(27)25-17(2)18-9-4-3-5-10-18/h3-14,16-17H,15H2,1-2H3,(H,25,27). The SMILES string of the molecule is CC(NC(=O)c1cccnc1N1c2ccccc2CC1C)c1ccccc1. The van der Waals surface area contributed by atoms with Gasteiger partial charge in [-0.25, -0.2) is 4.98 Å². The van der Waals surface area contributed by atoms with Gasteiger partial charge in [-0.1, -0.05) is 48.5 Å². The van der Waals surface area contributed by atoms with Crippen LogP contribution < -0.4 is 10.2 Å². The third kappa shape index (κ3) is 3.31. The number of carbonyl (C=O) groups excluding carboxylic acids is 1. The Hall–Kier alpha value is -3.14. The molecule has 4 rings (SSSR count). The van der Waals surface area contributed by atoms with Gasteiger partial charge in [0.05, 0.1) is 11.6 Å². The van der Waals surface area contributed by atoms with Crippen LogP contribution in [0.3, 0.4) is 0 Å². The zero-order chi connectivity index (χ0) is 18.8. The van der Waals surface area contributed by atoms with E-state index in [1.54, 1.807) is 6.20 Å². The number of para-hydroxylation sites is 1. The van der Waals surface area contributed by atoms with Gasteiger partial charge in [-0.15, -0.1) is 0 Å². The predicted octanol–water partition coefficient (Wildman–Crippen LogP) is 4.66. The van der Waals surface area contributed by atoms with Gasteiger partial charge in [0.15, 0.2) is 0 Å². The maximum Gasteiger partial charge on any atom is 0.255 e. The van der Waals surface area contributed by atoms with Crippen LogP contribution in [0, 0.1) is 0 Å². The van der Waals surface area contributed by atoms with E-state index in [2.05, 4.69) is 40.3 Å². The van der Waals surface area contributed by atoms with E-state index in [4.69, 9.17) is 0 Å². The summed E-state index contributed by atoms with van der Waals surface area (Å²) < 4.78 is 0. The molecule has 0 saturated carbocycles. The van der Waals surface area contributed by atoms with Crippen molar-refractivity contribution in [1.82, 2.24) is 10.3 Å². The normalized spacial score (nSPS) is 16.7. The van der Waals surface area contributed by atoms with Crippen molar-refractivity contribution in [2.24, 2.45) is 0 Å². The maximum absolute atomic E-state index is 13.0. The molecule has 0 aliphatic carbocycles. The summed E-state index contributed by atoms with van der Waals surface area (Å²) in [6, 6.07) is 22.2. The van der Waals surface area contributed by atoms with Gasteiger partial charge >= 0.3 is 0 Å². The van der Waals surface area contributed by atoms with Crippen LogP contribution in [0.4, 0.5) is 11.5 Å². The molecule has 3 aromatic rings. The predicted molar refractivity (Wildman–Crippen MR) is 108 cm³/mol. The minimum absolute atomic E-state index is 0.0740. The fourth-order valence-corrected chi connectivity index (χ4v) is 3.75. The lowest BCUT2D eigenvalue weighted by Crippen LogP contribution is -2.31. The fraction of sp³-hybridized carbons (Fsp3) is 0.217. The van der Waals surface area contributed by atoms with Crippen LogP contribution in [-0.4, -0.2) is 16.9 Å². The summed E-state index contributed by atoms with van der Waals surface area (Å²) in [7, 11) is 0. The minimum atomic E-state index is -0.106. The van der Waals surface area contributed by atoms with E-state index in [1.165, 1.54) is 5.56 Å². The highest BCUT2D eigenvalue weighted by atomic mass is 16.1. The second-order valence-electron chi connectivity index (χ2n) is 7.03. The molecule has 0 bridgehead atoms. The average Bonchev–Trinajstić information content (AvgIpc) is 3.04. The van der Waals surface area contributed by atoms with Crippen molar-refractivity contribution in [3.05, 3.63) is 89.6 Å². The smallest absolute Gasteiger partial charge is 0.255 e. The van der Waals surface area contributed by atoms with Gasteiger partial charge in [0.2, 0.25) is 0 Å². The molecule has 2 aromatic carbocycles. The van der Waals surface area contributed by atoms with Crippen LogP contribution in [0.1, 0.15) is 41.4 Å². The van der Waals surface area contributed by atoms with E-state index in [0.717, 1.165) is 17.7 Å². The Kier molecular flexibility index (Phi) is 4.63. The number of carbonyl (C=O) groups is 1. The molecule has 1 N–H and O–H groups in total. The number of fused-ring (bicyclic) bond motifs is 1. The molecule has 2 unspecified atom stereocenters. The Balaban J connectivity index is 1.65. The summed E-state index contributed by atoms with van der Waals surface area (Å²) in [4.78, 5) is 19.8. The lowest BCUT2D eigenvalue weighted by Gasteiger charge is -2.26. The monoisotopic (exact) mass is 357 g/mol. The molecule has 1 aliphatic heterocycles. The van der Waals surface area contributed by atoms with Gasteiger partial charge in [-0.3, -0.25) is 4.79 Å². The van der Waals surface area contributed by atoms with Crippen LogP contribution in [0.2, 0.25) is 0 Å². The van der Waals surface area contributed by atoms with E-state index in [9.17, 15) is 4.79 Å². The zero-order valence-electron chi connectivity index (χ0n) is 15.6. The van der Waals surface area contributed by atoms with Crippen molar-refractivity contribution in [3.63, 3.8) is 0 Å². The molecule has 27 heavy (non-hydrogen) atoms. The Morgan fingerprint density at radius 3 is 2.63 bits per heavy atom. The first-order valence-corrected chi connectivity index (χ1v) is 9.33. The summed E-state index contributed by atoms with van der Waals surface area (Å²) in [5.74, 6) is 0.610. The van der Waals surface area contributed by atoms with Gasteiger partial charge < -0.3 is 10.2 Å². The molecule has 2 heterocycles. The van der Waals surface area contributed by atoms with Crippen molar-refractivity contribution in [3.8, 4) is 0 Å². The zero-order valence-corrected chi connectivity index (χ0v) is 15.6. The molecular weight excluding hydrogens is 334 g/mol. The summed E-state index contributed by atoms with van der Waals surface area (Å²) in [6.45, 7) is 4.17. The number of nitrogens with zero attached hydrogens (tertiary/aromatic N) is 2. The Morgan fingerprint density at radius 2 is 1.81 bits per heavy atom. The van der Waals surface area contributed by atoms with Gasteiger partial charge in [-0.2, -0.15) is 0 Å². The van der Waals surface area contributed by atoms with Crippen molar-refractivity contribution >= 4 is 17.4 Å². The van der Waals surface area contributed by atoms with Crippen LogP contribution in [-0.2, 0) is 6.42 Å². The number of amides is 1. The molecule has 4 nitrogen and oxygen atoms in total. The second kappa shape index (κ2) is 7.23. The van der Waals surface area contributed by atoms with Crippen molar-refractivity contribution in [1.29, 1.82) is 0 Å². The quantitative estimate of drug-likeness (QED) is 0.739. The topological polar surface area (TPSA) is 45.2 Å². The Bertz CT molecular complexity index is 955. The molecule has 136 valence electrons. The van der Waals surface area contributed by atoms with Gasteiger partial charge in [0.25, 0.3) is 5.91 Å². The van der Waals surface area contributed by atoms with E-state index in [-0.39, 0.29) is 18.0 Å². The minimum Gasteiger partial charge on any atom is -0.345 e. The number of benzene rings is 2. The van der Waals surface area contributed by atoms with Crippen molar-refractivity contribution in [2.45, 2.75) is 32.4 Å². The molecule has 4 heteroatoms. The van der Waals surface area contributed by atoms with E-state index in [0.29, 0.717) is 11.4 Å². The number of anilines is 2. The van der Waals surface area contributed by atoms with Crippen LogP contribution >= 0.6 is 0 Å². The highest BCUT2D eigenvalue weighted by Crippen LogP contribution is 2.38. The van der Waals surface area contributed by atoms with Crippen LogP contribution in [0.5, 0.6) is 0 Å². The molecule has 1 aliphatic rings. The molecule has 0 saturated heterocycles. The maximum atomic E-state index is 13.0. The number of aromatic nitrogens is 1. The molecule has 0 radical (unpaired) electrons. The van der Waals surface area contributed by atoms with Gasteiger partial charge in [0, 0.05) is 17.9 Å². The number of hydrogen-bond donors (Lipinski definition) is 1. The third-order valence-corrected chi connectivity index (χ3v) is 5.11. The summed E-state index contributed by atoms with van der Waals surface area (Å²) >= 11 is 0. The fourth-order valence-electron chi connectivity index (χ4n) is 3.75. The highest BCUT2D eigenvalue weighted by Gasteiger charge is 2.30. The first-order chi connectivity index (χ1) is 13.1. The Labute approximate surface area is 159 Å². The lowest BCUT2D eigenvalue weighted by molar-refractivity contribution is 0.0940. The number of pyridine rings is 1. The summed E-state index contributed by atoms with van der Waals surface area (Å²) in [5.41, 5.74) is 4.11. The second-order valence-corrected chi connectivity index (χ2v) is 7.03. The largest absolute Gasteiger partial charge is 0.345 e. The van der Waals surface area contributed by atoms with Crippen molar-refractivity contribution < 1.29 is 4.79 Å². The third-order valence-electron chi connectivity index (χ3n) is 5.11. The average molecular weight is 357 g/mol. The van der Waals surface area contributed by atoms with Crippen LogP contribution in [0.15, 0.2) is 72.9 Å². The molecule has 1 aromatic heterocycles. The highest BCUT2D eigenvalue weighted by molar-refractivity contribution is 6.00. The molecular formula is C23H23N3O. The van der Waals surface area contributed by atoms with E-state index in [1.807, 2.05) is 55.5 Å². The lowest BCUT2D eigenvalue weighted by atomic mass is 10.1. The molecule has 2 atom stereocenters. The molecule has 1 amide bonds. The Morgan fingerprint density at radius 1 is 1.07 bits per heavy atom.